The molecule has 0 radical (unpaired) electrons. The summed E-state index contributed by atoms with van der Waals surface area (Å²) in [5.41, 5.74) is 5.78. The first-order valence-electron chi connectivity index (χ1n) is 15.5. The van der Waals surface area contributed by atoms with Gasteiger partial charge in [0.1, 0.15) is 22.7 Å². The van der Waals surface area contributed by atoms with Gasteiger partial charge < -0.3 is 20.7 Å². The lowest BCUT2D eigenvalue weighted by atomic mass is 9.71. The number of hydrogen-bond donors (Lipinski definition) is 2. The standard InChI is InChI=1S/C35H40Cl2N6O4/c1-7-47-27-18-28(33(2,3)4)39-19-26(27)30-41-34(5,21-8-12-23(36)13-9-21)35(6,22-10-14-24(37)15-11-22)43(30)32(46)42-17-16-25(20-42)40-31(45)29(38)44/h8-15,18-19,25H,7,16-17,20H2,1-6H3,(H2,38,44)(H,40,45)/t25?,34-,35+/m0/s1. The molecule has 3 atom stereocenters. The number of nitrogens with one attached hydrogen (secondary N) is 1. The topological polar surface area (TPSA) is 130 Å². The van der Waals surface area contributed by atoms with Gasteiger partial charge in [-0.3, -0.25) is 24.5 Å². The fourth-order valence-electron chi connectivity index (χ4n) is 6.31. The predicted molar refractivity (Wildman–Crippen MR) is 183 cm³/mol. The zero-order valence-corrected chi connectivity index (χ0v) is 28.9. The van der Waals surface area contributed by atoms with E-state index >= 15 is 0 Å². The molecule has 0 saturated carbocycles. The molecule has 2 aliphatic rings. The Hall–Kier alpha value is -4.15. The van der Waals surface area contributed by atoms with Crippen LogP contribution in [0.3, 0.4) is 0 Å². The number of aromatic nitrogens is 1. The smallest absolute Gasteiger partial charge is 0.326 e. The van der Waals surface area contributed by atoms with E-state index in [1.165, 1.54) is 0 Å². The first-order valence-corrected chi connectivity index (χ1v) is 16.3. The second kappa shape index (κ2) is 12.8. The highest BCUT2D eigenvalue weighted by molar-refractivity contribution is 6.34. The molecule has 1 saturated heterocycles. The van der Waals surface area contributed by atoms with Gasteiger partial charge in [0.05, 0.1) is 12.2 Å². The average Bonchev–Trinajstić information content (AvgIpc) is 3.58. The summed E-state index contributed by atoms with van der Waals surface area (Å²) in [5, 5.41) is 3.76. The molecule has 0 aliphatic carbocycles. The molecule has 10 nitrogen and oxygen atoms in total. The Kier molecular flexibility index (Phi) is 9.32. The van der Waals surface area contributed by atoms with E-state index in [2.05, 4.69) is 26.1 Å². The number of urea groups is 1. The summed E-state index contributed by atoms with van der Waals surface area (Å²) in [4.78, 5) is 52.1. The number of halogens is 2. The van der Waals surface area contributed by atoms with E-state index in [-0.39, 0.29) is 18.0 Å². The van der Waals surface area contributed by atoms with E-state index in [9.17, 15) is 14.4 Å². The maximum absolute atomic E-state index is 15.0. The summed E-state index contributed by atoms with van der Waals surface area (Å²) >= 11 is 12.7. The molecule has 1 aromatic heterocycles. The van der Waals surface area contributed by atoms with Gasteiger partial charge >= 0.3 is 17.8 Å². The minimum atomic E-state index is -1.11. The number of nitrogens with two attached hydrogens (primary N) is 1. The molecule has 47 heavy (non-hydrogen) atoms. The van der Waals surface area contributed by atoms with Crippen molar-refractivity contribution < 1.29 is 19.1 Å². The molecule has 4 amide bonds. The van der Waals surface area contributed by atoms with Crippen LogP contribution in [0, 0.1) is 0 Å². The van der Waals surface area contributed by atoms with Crippen molar-refractivity contribution in [1.82, 2.24) is 20.1 Å². The number of nitrogens with zero attached hydrogens (tertiary/aromatic N) is 4. The number of amides is 4. The molecular weight excluding hydrogens is 639 g/mol. The Labute approximate surface area is 285 Å². The number of hydrogen-bond acceptors (Lipinski definition) is 6. The van der Waals surface area contributed by atoms with Crippen LogP contribution in [0.25, 0.3) is 0 Å². The first-order chi connectivity index (χ1) is 22.1. The fraction of sp³-hybridized carbons (Fsp3) is 0.400. The quantitative estimate of drug-likeness (QED) is 0.320. The molecule has 3 N–H and O–H groups in total. The average molecular weight is 680 g/mol. The Morgan fingerprint density at radius 3 is 2.17 bits per heavy atom. The van der Waals surface area contributed by atoms with Crippen LogP contribution < -0.4 is 15.8 Å². The number of primary amides is 1. The number of pyridine rings is 1. The Bertz CT molecular complexity index is 1720. The van der Waals surface area contributed by atoms with Crippen LogP contribution in [0.5, 0.6) is 5.75 Å². The minimum Gasteiger partial charge on any atom is -0.493 e. The number of ether oxygens (including phenoxy) is 1. The Balaban J connectivity index is 1.73. The molecule has 0 spiro atoms. The Morgan fingerprint density at radius 1 is 1.02 bits per heavy atom. The van der Waals surface area contributed by atoms with E-state index in [0.29, 0.717) is 46.8 Å². The number of rotatable bonds is 6. The first kappa shape index (κ1) is 34.2. The van der Waals surface area contributed by atoms with Gasteiger partial charge in [-0.15, -0.1) is 0 Å². The molecule has 2 aliphatic heterocycles. The van der Waals surface area contributed by atoms with Crippen LogP contribution in [0.1, 0.15) is 70.3 Å². The van der Waals surface area contributed by atoms with Crippen LogP contribution >= 0.6 is 23.2 Å². The summed E-state index contributed by atoms with van der Waals surface area (Å²) in [6, 6.07) is 16.0. The van der Waals surface area contributed by atoms with Gasteiger partial charge in [-0.05, 0) is 62.6 Å². The molecule has 0 bridgehead atoms. The van der Waals surface area contributed by atoms with Gasteiger partial charge in [0.15, 0.2) is 0 Å². The molecule has 5 rings (SSSR count). The highest BCUT2D eigenvalue weighted by Crippen LogP contribution is 2.54. The number of carbonyl (C=O) groups is 3. The van der Waals surface area contributed by atoms with Crippen molar-refractivity contribution in [3.63, 3.8) is 0 Å². The number of amidine groups is 1. The second-order valence-corrected chi connectivity index (χ2v) is 14.1. The molecule has 248 valence electrons. The third-order valence-corrected chi connectivity index (χ3v) is 9.64. The van der Waals surface area contributed by atoms with Crippen molar-refractivity contribution in [3.8, 4) is 5.75 Å². The van der Waals surface area contributed by atoms with E-state index < -0.39 is 28.9 Å². The molecule has 3 heterocycles. The van der Waals surface area contributed by atoms with Crippen molar-refractivity contribution in [2.75, 3.05) is 19.7 Å². The maximum atomic E-state index is 15.0. The van der Waals surface area contributed by atoms with Crippen LogP contribution in [-0.4, -0.2) is 64.2 Å². The molecule has 12 heteroatoms. The lowest BCUT2D eigenvalue weighted by Crippen LogP contribution is -2.58. The monoisotopic (exact) mass is 678 g/mol. The largest absolute Gasteiger partial charge is 0.493 e. The lowest BCUT2D eigenvalue weighted by molar-refractivity contribution is -0.137. The van der Waals surface area contributed by atoms with Gasteiger partial charge in [0, 0.05) is 52.5 Å². The second-order valence-electron chi connectivity index (χ2n) is 13.2. The van der Waals surface area contributed by atoms with Crippen molar-refractivity contribution >= 4 is 46.9 Å². The van der Waals surface area contributed by atoms with E-state index in [1.54, 1.807) is 28.1 Å². The van der Waals surface area contributed by atoms with Crippen molar-refractivity contribution in [2.45, 2.75) is 70.5 Å². The molecular formula is C35H40Cl2N6O4. The van der Waals surface area contributed by atoms with E-state index in [4.69, 9.17) is 43.6 Å². The highest BCUT2D eigenvalue weighted by atomic mass is 35.5. The fourth-order valence-corrected chi connectivity index (χ4v) is 6.56. The lowest BCUT2D eigenvalue weighted by Gasteiger charge is -2.46. The van der Waals surface area contributed by atoms with Gasteiger partial charge in [-0.2, -0.15) is 0 Å². The summed E-state index contributed by atoms with van der Waals surface area (Å²) in [5.74, 6) is -1.03. The zero-order valence-electron chi connectivity index (χ0n) is 27.4. The molecule has 3 aromatic rings. The number of benzene rings is 2. The molecule has 1 fully saturated rings. The van der Waals surface area contributed by atoms with Crippen LogP contribution in [0.15, 0.2) is 65.8 Å². The number of aliphatic imine (C=N–C) groups is 1. The summed E-state index contributed by atoms with van der Waals surface area (Å²) in [7, 11) is 0. The SMILES string of the molecule is CCOc1cc(C(C)(C)C)ncc1C1=N[C@@](C)(c2ccc(Cl)cc2)[C@@](C)(c2ccc(Cl)cc2)N1C(=O)N1CCC(NC(=O)C(N)=O)C1. The van der Waals surface area contributed by atoms with E-state index in [0.717, 1.165) is 16.8 Å². The van der Waals surface area contributed by atoms with Crippen molar-refractivity contribution in [2.24, 2.45) is 10.7 Å². The van der Waals surface area contributed by atoms with E-state index in [1.807, 2.05) is 63.2 Å². The number of carbonyl (C=O) groups excluding carboxylic acids is 3. The van der Waals surface area contributed by atoms with Crippen LogP contribution in [-0.2, 0) is 26.1 Å². The van der Waals surface area contributed by atoms with Crippen LogP contribution in [0.2, 0.25) is 10.0 Å². The zero-order chi connectivity index (χ0) is 34.3. The van der Waals surface area contributed by atoms with Crippen molar-refractivity contribution in [1.29, 1.82) is 0 Å². The third kappa shape index (κ3) is 6.28. The van der Waals surface area contributed by atoms with Gasteiger partial charge in [0.25, 0.3) is 0 Å². The predicted octanol–water partition coefficient (Wildman–Crippen LogP) is 5.77. The minimum absolute atomic E-state index is 0.176. The normalized spacial score (nSPS) is 22.6. The Morgan fingerprint density at radius 2 is 1.62 bits per heavy atom. The summed E-state index contributed by atoms with van der Waals surface area (Å²) < 4.78 is 6.20. The summed E-state index contributed by atoms with van der Waals surface area (Å²) in [6.45, 7) is 13.0. The van der Waals surface area contributed by atoms with Crippen molar-refractivity contribution in [3.05, 3.63) is 93.2 Å². The maximum Gasteiger partial charge on any atom is 0.326 e. The third-order valence-electron chi connectivity index (χ3n) is 9.13. The molecule has 2 aromatic carbocycles. The highest BCUT2D eigenvalue weighted by Gasteiger charge is 2.60. The van der Waals surface area contributed by atoms with Crippen LogP contribution in [0.4, 0.5) is 4.79 Å². The summed E-state index contributed by atoms with van der Waals surface area (Å²) in [6.07, 6.45) is 2.17. The molecule has 1 unspecified atom stereocenters. The van der Waals surface area contributed by atoms with Gasteiger partial charge in [-0.1, -0.05) is 68.2 Å². The van der Waals surface area contributed by atoms with Gasteiger partial charge in [-0.25, -0.2) is 4.79 Å². The van der Waals surface area contributed by atoms with Gasteiger partial charge in [0.2, 0.25) is 0 Å². The number of likely N-dealkylation sites (tertiary alicyclic amines) is 1.